The molecule has 1 heterocycles. The Bertz CT molecular complexity index is 256. The van der Waals surface area contributed by atoms with E-state index in [1.165, 1.54) is 20.0 Å². The third-order valence-electron chi connectivity index (χ3n) is 3.46. The topological polar surface area (TPSA) is 29.5 Å². The van der Waals surface area contributed by atoms with Gasteiger partial charge in [-0.25, -0.2) is 0 Å². The summed E-state index contributed by atoms with van der Waals surface area (Å²) in [6.07, 6.45) is 8.85. The molecule has 0 saturated carbocycles. The Morgan fingerprint density at radius 1 is 1.40 bits per heavy atom. The molecule has 0 aromatic heterocycles. The molecule has 15 heavy (non-hydrogen) atoms. The molecule has 0 spiro atoms. The van der Waals surface area contributed by atoms with Gasteiger partial charge in [0.2, 0.25) is 0 Å². The number of allylic oxidation sites excluding steroid dienone is 1. The Kier molecular flexibility index (Phi) is 3.41. The summed E-state index contributed by atoms with van der Waals surface area (Å²) in [5.41, 5.74) is 0. The summed E-state index contributed by atoms with van der Waals surface area (Å²) in [6, 6.07) is 0.286. The first-order valence-electron chi connectivity index (χ1n) is 5.81. The van der Waals surface area contributed by atoms with E-state index in [-0.39, 0.29) is 17.9 Å². The van der Waals surface area contributed by atoms with Crippen molar-refractivity contribution >= 4 is 5.97 Å². The van der Waals surface area contributed by atoms with Gasteiger partial charge in [-0.1, -0.05) is 12.2 Å². The highest BCUT2D eigenvalue weighted by atomic mass is 16.5. The monoisotopic (exact) mass is 209 g/mol. The number of carbonyl (C=O) groups is 1. The van der Waals surface area contributed by atoms with E-state index in [4.69, 9.17) is 4.74 Å². The zero-order valence-corrected chi connectivity index (χ0v) is 9.32. The van der Waals surface area contributed by atoms with Crippen molar-refractivity contribution in [2.45, 2.75) is 31.7 Å². The second kappa shape index (κ2) is 4.79. The molecule has 0 aromatic rings. The second-order valence-electron chi connectivity index (χ2n) is 4.37. The lowest BCUT2D eigenvalue weighted by atomic mass is 9.88. The van der Waals surface area contributed by atoms with Crippen LogP contribution in [0.15, 0.2) is 12.2 Å². The van der Waals surface area contributed by atoms with E-state index < -0.39 is 0 Å². The van der Waals surface area contributed by atoms with Crippen LogP contribution in [0.25, 0.3) is 0 Å². The number of rotatable bonds is 2. The average Bonchev–Trinajstić information content (AvgIpc) is 2.81. The zero-order valence-electron chi connectivity index (χ0n) is 9.32. The van der Waals surface area contributed by atoms with Crippen LogP contribution in [0.4, 0.5) is 0 Å². The molecule has 2 rings (SSSR count). The normalized spacial score (nSPS) is 31.8. The summed E-state index contributed by atoms with van der Waals surface area (Å²) in [7, 11) is 1.49. The van der Waals surface area contributed by atoms with Gasteiger partial charge in [0, 0.05) is 6.04 Å². The smallest absolute Gasteiger partial charge is 0.310 e. The Hall–Kier alpha value is -0.830. The number of esters is 1. The van der Waals surface area contributed by atoms with E-state index in [1.807, 2.05) is 0 Å². The standard InChI is InChI=1S/C12H19NO2/c1-15-12(14)10-6-2-3-7-11(10)13-8-4-5-9-13/h3,7,10-11H,2,4-6,8-9H2,1H3. The third-order valence-corrected chi connectivity index (χ3v) is 3.46. The van der Waals surface area contributed by atoms with Crippen LogP contribution in [-0.4, -0.2) is 37.1 Å². The van der Waals surface area contributed by atoms with Crippen LogP contribution in [0.2, 0.25) is 0 Å². The molecular weight excluding hydrogens is 190 g/mol. The first kappa shape index (κ1) is 10.7. The van der Waals surface area contributed by atoms with Crippen LogP contribution in [-0.2, 0) is 9.53 Å². The molecule has 2 atom stereocenters. The Labute approximate surface area is 91.1 Å². The number of likely N-dealkylation sites (tertiary alicyclic amines) is 1. The number of hydrogen-bond acceptors (Lipinski definition) is 3. The van der Waals surface area contributed by atoms with Gasteiger partial charge < -0.3 is 4.74 Å². The van der Waals surface area contributed by atoms with Gasteiger partial charge in [0.1, 0.15) is 0 Å². The summed E-state index contributed by atoms with van der Waals surface area (Å²) in [4.78, 5) is 14.1. The lowest BCUT2D eigenvalue weighted by Gasteiger charge is -2.32. The van der Waals surface area contributed by atoms with Crippen molar-refractivity contribution in [2.24, 2.45) is 5.92 Å². The molecule has 0 bridgehead atoms. The van der Waals surface area contributed by atoms with Gasteiger partial charge in [-0.3, -0.25) is 9.69 Å². The number of carbonyl (C=O) groups excluding carboxylic acids is 1. The maximum Gasteiger partial charge on any atom is 0.310 e. The van der Waals surface area contributed by atoms with Crippen LogP contribution in [0, 0.1) is 5.92 Å². The molecule has 0 aromatic carbocycles. The van der Waals surface area contributed by atoms with Crippen molar-refractivity contribution in [3.63, 3.8) is 0 Å². The van der Waals surface area contributed by atoms with Crippen molar-refractivity contribution in [1.29, 1.82) is 0 Å². The quantitative estimate of drug-likeness (QED) is 0.511. The minimum Gasteiger partial charge on any atom is -0.469 e. The van der Waals surface area contributed by atoms with Crippen LogP contribution in [0.5, 0.6) is 0 Å². The fourth-order valence-electron chi connectivity index (χ4n) is 2.64. The molecule has 2 aliphatic rings. The van der Waals surface area contributed by atoms with E-state index in [1.54, 1.807) is 0 Å². The number of nitrogens with zero attached hydrogens (tertiary/aromatic N) is 1. The Morgan fingerprint density at radius 3 is 2.80 bits per heavy atom. The summed E-state index contributed by atoms with van der Waals surface area (Å²) in [5, 5.41) is 0. The fourth-order valence-corrected chi connectivity index (χ4v) is 2.64. The van der Waals surface area contributed by atoms with Crippen molar-refractivity contribution in [1.82, 2.24) is 4.90 Å². The molecule has 0 amide bonds. The van der Waals surface area contributed by atoms with Gasteiger partial charge in [0.05, 0.1) is 13.0 Å². The molecule has 1 saturated heterocycles. The molecule has 0 radical (unpaired) electrons. The van der Waals surface area contributed by atoms with E-state index in [9.17, 15) is 4.79 Å². The van der Waals surface area contributed by atoms with E-state index in [0.717, 1.165) is 25.9 Å². The van der Waals surface area contributed by atoms with Gasteiger partial charge in [0.15, 0.2) is 0 Å². The molecular formula is C12H19NO2. The van der Waals surface area contributed by atoms with Crippen molar-refractivity contribution in [2.75, 3.05) is 20.2 Å². The highest BCUT2D eigenvalue weighted by Crippen LogP contribution is 2.27. The minimum absolute atomic E-state index is 0.0451. The fraction of sp³-hybridized carbons (Fsp3) is 0.750. The summed E-state index contributed by atoms with van der Waals surface area (Å²) in [6.45, 7) is 2.25. The molecule has 2 unspecified atom stereocenters. The molecule has 1 aliphatic carbocycles. The van der Waals surface area contributed by atoms with Crippen LogP contribution >= 0.6 is 0 Å². The van der Waals surface area contributed by atoms with Gasteiger partial charge >= 0.3 is 5.97 Å². The SMILES string of the molecule is COC(=O)C1CCC=CC1N1CCCC1. The zero-order chi connectivity index (χ0) is 10.7. The van der Waals surface area contributed by atoms with Crippen molar-refractivity contribution in [3.8, 4) is 0 Å². The summed E-state index contributed by atoms with van der Waals surface area (Å²) in [5.74, 6) is 0.00866. The van der Waals surface area contributed by atoms with E-state index >= 15 is 0 Å². The maximum atomic E-state index is 11.7. The molecule has 84 valence electrons. The van der Waals surface area contributed by atoms with Crippen molar-refractivity contribution < 1.29 is 9.53 Å². The van der Waals surface area contributed by atoms with E-state index in [0.29, 0.717) is 0 Å². The lowest BCUT2D eigenvalue weighted by Crippen LogP contribution is -2.42. The van der Waals surface area contributed by atoms with Gasteiger partial charge in [-0.05, 0) is 38.8 Å². The van der Waals surface area contributed by atoms with Gasteiger partial charge in [-0.2, -0.15) is 0 Å². The molecule has 0 N–H and O–H groups in total. The predicted octanol–water partition coefficient (Wildman–Crippen LogP) is 1.59. The highest BCUT2D eigenvalue weighted by Gasteiger charge is 2.34. The summed E-state index contributed by atoms with van der Waals surface area (Å²) < 4.78 is 4.88. The maximum absolute atomic E-state index is 11.7. The summed E-state index contributed by atoms with van der Waals surface area (Å²) >= 11 is 0. The first-order chi connectivity index (χ1) is 7.33. The lowest BCUT2D eigenvalue weighted by molar-refractivity contribution is -0.147. The van der Waals surface area contributed by atoms with Crippen LogP contribution in [0.3, 0.4) is 0 Å². The van der Waals surface area contributed by atoms with Crippen molar-refractivity contribution in [3.05, 3.63) is 12.2 Å². The number of hydrogen-bond donors (Lipinski definition) is 0. The largest absolute Gasteiger partial charge is 0.469 e. The molecule has 3 nitrogen and oxygen atoms in total. The first-order valence-corrected chi connectivity index (χ1v) is 5.81. The minimum atomic E-state index is -0.0451. The van der Waals surface area contributed by atoms with Crippen LogP contribution < -0.4 is 0 Å². The highest BCUT2D eigenvalue weighted by molar-refractivity contribution is 5.73. The van der Waals surface area contributed by atoms with E-state index in [2.05, 4.69) is 17.1 Å². The van der Waals surface area contributed by atoms with Gasteiger partial charge in [-0.15, -0.1) is 0 Å². The Morgan fingerprint density at radius 2 is 2.13 bits per heavy atom. The second-order valence-corrected chi connectivity index (χ2v) is 4.37. The molecule has 1 aliphatic heterocycles. The number of methoxy groups -OCH3 is 1. The number of ether oxygens (including phenoxy) is 1. The van der Waals surface area contributed by atoms with Crippen LogP contribution in [0.1, 0.15) is 25.7 Å². The molecule has 1 fully saturated rings. The Balaban J connectivity index is 2.07. The average molecular weight is 209 g/mol. The van der Waals surface area contributed by atoms with Gasteiger partial charge in [0.25, 0.3) is 0 Å². The third kappa shape index (κ3) is 2.23. The predicted molar refractivity (Wildman–Crippen MR) is 58.5 cm³/mol. The molecule has 3 heteroatoms.